The first-order valence-electron chi connectivity index (χ1n) is 7.58. The fourth-order valence-corrected chi connectivity index (χ4v) is 3.15. The number of benzene rings is 2. The van der Waals surface area contributed by atoms with Gasteiger partial charge in [-0.3, -0.25) is 9.59 Å². The van der Waals surface area contributed by atoms with E-state index in [9.17, 15) is 9.59 Å². The number of carbonyl (C=O) groups is 2. The van der Waals surface area contributed by atoms with Crippen LogP contribution in [0, 0.1) is 0 Å². The largest absolute Gasteiger partial charge is 0.373 e. The Hall–Kier alpha value is -2.79. The lowest BCUT2D eigenvalue weighted by atomic mass is 10.2. The van der Waals surface area contributed by atoms with Gasteiger partial charge in [-0.25, -0.2) is 4.90 Å². The molecule has 0 unspecified atom stereocenters. The summed E-state index contributed by atoms with van der Waals surface area (Å²) >= 11 is 5.96. The van der Waals surface area contributed by atoms with Gasteiger partial charge in [-0.1, -0.05) is 23.7 Å². The second kappa shape index (κ2) is 5.69. The zero-order valence-corrected chi connectivity index (χ0v) is 13.4. The van der Waals surface area contributed by atoms with Gasteiger partial charge in [0.25, 0.3) is 5.91 Å². The number of amides is 2. The molecule has 0 spiro atoms. The Balaban J connectivity index is 1.58. The van der Waals surface area contributed by atoms with Gasteiger partial charge >= 0.3 is 0 Å². The molecule has 1 aliphatic rings. The highest BCUT2D eigenvalue weighted by Gasteiger charge is 2.39. The first-order valence-corrected chi connectivity index (χ1v) is 7.96. The van der Waals surface area contributed by atoms with Crippen molar-refractivity contribution in [2.45, 2.75) is 12.5 Å². The lowest BCUT2D eigenvalue weighted by Crippen LogP contribution is -2.34. The fraction of sp³-hybridized carbons (Fsp3) is 0.111. The predicted molar refractivity (Wildman–Crippen MR) is 94.3 cm³/mol. The van der Waals surface area contributed by atoms with E-state index in [1.54, 1.807) is 24.3 Å². The molecular formula is C18H14ClN3O2. The van der Waals surface area contributed by atoms with Gasteiger partial charge in [-0.15, -0.1) is 0 Å². The van der Waals surface area contributed by atoms with Gasteiger partial charge in [0.05, 0.1) is 12.1 Å². The van der Waals surface area contributed by atoms with E-state index in [-0.39, 0.29) is 18.2 Å². The summed E-state index contributed by atoms with van der Waals surface area (Å²) in [6.45, 7) is 0. The Morgan fingerprint density at radius 3 is 2.83 bits per heavy atom. The summed E-state index contributed by atoms with van der Waals surface area (Å²) in [6, 6.07) is 13.9. The number of H-pyrrole nitrogens is 1. The number of fused-ring (bicyclic) bond motifs is 1. The SMILES string of the molecule is O=C1C[C@@H](Nc2ccc3cc[nH]c3c2)C(=O)N1c1cccc(Cl)c1. The van der Waals surface area contributed by atoms with Crippen LogP contribution in [0.2, 0.25) is 5.02 Å². The quantitative estimate of drug-likeness (QED) is 0.717. The predicted octanol–water partition coefficient (Wildman–Crippen LogP) is 3.57. The minimum Gasteiger partial charge on any atom is -0.373 e. The maximum absolute atomic E-state index is 12.6. The summed E-state index contributed by atoms with van der Waals surface area (Å²) in [5.74, 6) is -0.505. The van der Waals surface area contributed by atoms with Gasteiger partial charge in [0.1, 0.15) is 6.04 Å². The van der Waals surface area contributed by atoms with Crippen LogP contribution >= 0.6 is 11.6 Å². The third kappa shape index (κ3) is 2.53. The van der Waals surface area contributed by atoms with Crippen molar-refractivity contribution in [3.63, 3.8) is 0 Å². The van der Waals surface area contributed by atoms with E-state index >= 15 is 0 Å². The molecule has 1 fully saturated rings. The highest BCUT2D eigenvalue weighted by atomic mass is 35.5. The van der Waals surface area contributed by atoms with E-state index < -0.39 is 6.04 Å². The number of nitrogens with one attached hydrogen (secondary N) is 2. The third-order valence-electron chi connectivity index (χ3n) is 4.11. The summed E-state index contributed by atoms with van der Waals surface area (Å²) in [4.78, 5) is 29.2. The van der Waals surface area contributed by atoms with Crippen molar-refractivity contribution in [2.24, 2.45) is 0 Å². The smallest absolute Gasteiger partial charge is 0.256 e. The highest BCUT2D eigenvalue weighted by molar-refractivity contribution is 6.31. The minimum absolute atomic E-state index is 0.119. The van der Waals surface area contributed by atoms with Crippen LogP contribution in [0.5, 0.6) is 0 Å². The second-order valence-electron chi connectivity index (χ2n) is 5.73. The molecular weight excluding hydrogens is 326 g/mol. The van der Waals surface area contributed by atoms with Crippen molar-refractivity contribution in [1.82, 2.24) is 4.98 Å². The van der Waals surface area contributed by atoms with Gasteiger partial charge in [0.15, 0.2) is 0 Å². The zero-order valence-electron chi connectivity index (χ0n) is 12.6. The summed E-state index contributed by atoms with van der Waals surface area (Å²) in [7, 11) is 0. The van der Waals surface area contributed by atoms with Crippen LogP contribution in [0.25, 0.3) is 10.9 Å². The van der Waals surface area contributed by atoms with E-state index in [1.807, 2.05) is 30.5 Å². The van der Waals surface area contributed by atoms with Crippen molar-refractivity contribution in [1.29, 1.82) is 0 Å². The third-order valence-corrected chi connectivity index (χ3v) is 4.34. The number of hydrogen-bond acceptors (Lipinski definition) is 3. The molecule has 0 radical (unpaired) electrons. The summed E-state index contributed by atoms with van der Waals surface area (Å²) in [5, 5.41) is 4.73. The number of aromatic amines is 1. The molecule has 120 valence electrons. The molecule has 2 aromatic carbocycles. The molecule has 1 saturated heterocycles. The van der Waals surface area contributed by atoms with Gasteiger partial charge in [-0.2, -0.15) is 0 Å². The molecule has 0 bridgehead atoms. The van der Waals surface area contributed by atoms with Crippen LogP contribution in [0.3, 0.4) is 0 Å². The summed E-state index contributed by atoms with van der Waals surface area (Å²) < 4.78 is 0. The van der Waals surface area contributed by atoms with Gasteiger partial charge < -0.3 is 10.3 Å². The lowest BCUT2D eigenvalue weighted by Gasteiger charge is -2.16. The molecule has 4 rings (SSSR count). The molecule has 1 aromatic heterocycles. The van der Waals surface area contributed by atoms with Gasteiger partial charge in [-0.05, 0) is 41.8 Å². The molecule has 0 saturated carbocycles. The van der Waals surface area contributed by atoms with Crippen LogP contribution < -0.4 is 10.2 Å². The van der Waals surface area contributed by atoms with Crippen molar-refractivity contribution >= 4 is 45.7 Å². The van der Waals surface area contributed by atoms with E-state index in [0.29, 0.717) is 10.7 Å². The molecule has 2 N–H and O–H groups in total. The Morgan fingerprint density at radius 2 is 2.00 bits per heavy atom. The monoisotopic (exact) mass is 339 g/mol. The summed E-state index contributed by atoms with van der Waals surface area (Å²) in [6.07, 6.45) is 1.98. The maximum atomic E-state index is 12.6. The Labute approximate surface area is 143 Å². The number of imide groups is 1. The molecule has 0 aliphatic carbocycles. The molecule has 6 heteroatoms. The van der Waals surface area contributed by atoms with Gasteiger partial charge in [0, 0.05) is 22.4 Å². The van der Waals surface area contributed by atoms with Crippen LogP contribution in [-0.2, 0) is 9.59 Å². The number of hydrogen-bond donors (Lipinski definition) is 2. The molecule has 24 heavy (non-hydrogen) atoms. The molecule has 5 nitrogen and oxygen atoms in total. The normalized spacial score (nSPS) is 17.7. The molecule has 2 heterocycles. The van der Waals surface area contributed by atoms with E-state index in [2.05, 4.69) is 10.3 Å². The molecule has 1 aliphatic heterocycles. The topological polar surface area (TPSA) is 65.2 Å². The van der Waals surface area contributed by atoms with Crippen molar-refractivity contribution in [2.75, 3.05) is 10.2 Å². The number of halogens is 1. The molecule has 3 aromatic rings. The molecule has 2 amide bonds. The molecule has 1 atom stereocenters. The Bertz CT molecular complexity index is 950. The first kappa shape index (κ1) is 14.8. The Kier molecular flexibility index (Phi) is 3.50. The average Bonchev–Trinajstić information content (AvgIpc) is 3.12. The van der Waals surface area contributed by atoms with Crippen molar-refractivity contribution < 1.29 is 9.59 Å². The van der Waals surface area contributed by atoms with Crippen LogP contribution in [0.1, 0.15) is 6.42 Å². The standard InChI is InChI=1S/C18H14ClN3O2/c19-12-2-1-3-14(8-12)22-17(23)10-16(18(22)24)21-13-5-4-11-6-7-20-15(11)9-13/h1-9,16,20-21H,10H2/t16-/m1/s1. The van der Waals surface area contributed by atoms with E-state index in [4.69, 9.17) is 11.6 Å². The van der Waals surface area contributed by atoms with Crippen LogP contribution in [0.4, 0.5) is 11.4 Å². The van der Waals surface area contributed by atoms with Crippen molar-refractivity contribution in [3.8, 4) is 0 Å². The fourth-order valence-electron chi connectivity index (χ4n) is 2.97. The lowest BCUT2D eigenvalue weighted by molar-refractivity contribution is -0.121. The van der Waals surface area contributed by atoms with E-state index in [0.717, 1.165) is 16.6 Å². The second-order valence-corrected chi connectivity index (χ2v) is 6.16. The number of anilines is 2. The number of carbonyl (C=O) groups excluding carboxylic acids is 2. The van der Waals surface area contributed by atoms with Gasteiger partial charge in [0.2, 0.25) is 5.91 Å². The zero-order chi connectivity index (χ0) is 16.7. The number of aromatic nitrogens is 1. The van der Waals surface area contributed by atoms with Crippen LogP contribution in [-0.4, -0.2) is 22.8 Å². The van der Waals surface area contributed by atoms with Crippen molar-refractivity contribution in [3.05, 3.63) is 59.8 Å². The minimum atomic E-state index is -0.580. The number of rotatable bonds is 3. The Morgan fingerprint density at radius 1 is 1.12 bits per heavy atom. The average molecular weight is 340 g/mol. The maximum Gasteiger partial charge on any atom is 0.256 e. The summed E-state index contributed by atoms with van der Waals surface area (Å²) in [5.41, 5.74) is 2.27. The highest BCUT2D eigenvalue weighted by Crippen LogP contribution is 2.27. The first-order chi connectivity index (χ1) is 11.6. The number of nitrogens with zero attached hydrogens (tertiary/aromatic N) is 1. The van der Waals surface area contributed by atoms with E-state index in [1.165, 1.54) is 4.90 Å². The van der Waals surface area contributed by atoms with Crippen LogP contribution in [0.15, 0.2) is 54.7 Å².